The van der Waals surface area contributed by atoms with E-state index in [1.807, 2.05) is 4.72 Å². The summed E-state index contributed by atoms with van der Waals surface area (Å²) >= 11 is 6.30. The fourth-order valence-corrected chi connectivity index (χ4v) is 7.81. The highest BCUT2D eigenvalue weighted by Gasteiger charge is 2.55. The number of pyridine rings is 2. The molecule has 1 aliphatic heterocycles. The molecule has 13 nitrogen and oxygen atoms in total. The first-order valence-corrected chi connectivity index (χ1v) is 19.1. The van der Waals surface area contributed by atoms with Crippen LogP contribution in [0, 0.1) is 17.8 Å². The number of sulfonamides is 1. The number of alkyl halides is 3. The summed E-state index contributed by atoms with van der Waals surface area (Å²) in [5, 5.41) is 19.6. The zero-order valence-corrected chi connectivity index (χ0v) is 30.9. The Hall–Kier alpha value is -4.74. The van der Waals surface area contributed by atoms with Crippen LogP contribution in [0.15, 0.2) is 71.9 Å². The van der Waals surface area contributed by atoms with Gasteiger partial charge in [0.2, 0.25) is 5.88 Å². The molecule has 0 bridgehead atoms. The number of hydrogen-bond acceptors (Lipinski definition) is 10. The molecule has 1 saturated heterocycles. The van der Waals surface area contributed by atoms with Crippen LogP contribution in [0.25, 0.3) is 5.82 Å². The molecule has 18 heteroatoms. The van der Waals surface area contributed by atoms with Gasteiger partial charge in [0.05, 0.1) is 29.7 Å². The number of amides is 1. The molecule has 1 aromatic carbocycles. The average Bonchev–Trinajstić information content (AvgIpc) is 3.61. The third-order valence-corrected chi connectivity index (χ3v) is 11.1. The van der Waals surface area contributed by atoms with Gasteiger partial charge in [-0.05, 0) is 106 Å². The van der Waals surface area contributed by atoms with Crippen molar-refractivity contribution in [2.24, 2.45) is 17.8 Å². The fraction of sp³-hybridized carbons (Fsp3) is 0.417. The molecule has 1 aliphatic carbocycles. The molecule has 6 rings (SSSR count). The summed E-state index contributed by atoms with van der Waals surface area (Å²) in [6.45, 7) is 5.22. The standard InChI is InChI=1S/C36H39ClF3N7O6S/c1-35(2)19-21(20-41-35)6-12-27(22-7-9-23(10-8-22)34(49)50)42-28-4-3-5-31(43-28)54(51,52)46-33(48)25-11-13-29(44-32(25)37)47-16-14-30(45-47)53-17-15-24-18-26(24)36(38,39)40/h3-5,7-11,13-14,16,21,24,26-27,41H,6,12,15,17-20H2,1-2H3,(H,42,43)(H,46,48)(H,49,50)/t21-,24?,26?,27?/m0/s1. The van der Waals surface area contributed by atoms with Crippen LogP contribution < -0.4 is 20.1 Å². The SMILES string of the molecule is CC1(C)C[C@H](CCC(Nc2cccc(S(=O)(=O)NC(=O)c3ccc(-n4ccc(OCCC5CC5C(F)(F)F)n4)nc3Cl)n2)c2ccc(C(=O)O)cc2)CN1. The lowest BCUT2D eigenvalue weighted by atomic mass is 9.90. The lowest BCUT2D eigenvalue weighted by Gasteiger charge is -2.22. The summed E-state index contributed by atoms with van der Waals surface area (Å²) in [6, 6.07) is 14.6. The minimum Gasteiger partial charge on any atom is -0.478 e. The smallest absolute Gasteiger partial charge is 0.392 e. The maximum atomic E-state index is 13.4. The first kappa shape index (κ1) is 39.0. The van der Waals surface area contributed by atoms with Crippen molar-refractivity contribution in [1.29, 1.82) is 0 Å². The molecular formula is C36H39ClF3N7O6S. The summed E-state index contributed by atoms with van der Waals surface area (Å²) < 4.78 is 73.7. The highest BCUT2D eigenvalue weighted by atomic mass is 35.5. The third kappa shape index (κ3) is 9.67. The van der Waals surface area contributed by atoms with E-state index in [0.29, 0.717) is 12.3 Å². The molecule has 54 heavy (non-hydrogen) atoms. The molecule has 288 valence electrons. The topological polar surface area (TPSA) is 177 Å². The van der Waals surface area contributed by atoms with Gasteiger partial charge in [-0.25, -0.2) is 24.2 Å². The van der Waals surface area contributed by atoms with Crippen LogP contribution in [-0.2, 0) is 10.0 Å². The van der Waals surface area contributed by atoms with Gasteiger partial charge in [0.15, 0.2) is 10.8 Å². The predicted molar refractivity (Wildman–Crippen MR) is 192 cm³/mol. The molecule has 2 fully saturated rings. The fourth-order valence-electron chi connectivity index (χ4n) is 6.64. The summed E-state index contributed by atoms with van der Waals surface area (Å²) in [7, 11) is -4.49. The number of carboxylic acids is 1. The van der Waals surface area contributed by atoms with Gasteiger partial charge in [-0.2, -0.15) is 21.6 Å². The van der Waals surface area contributed by atoms with E-state index in [9.17, 15) is 36.3 Å². The van der Waals surface area contributed by atoms with E-state index in [1.54, 1.807) is 18.2 Å². The van der Waals surface area contributed by atoms with E-state index in [4.69, 9.17) is 16.3 Å². The Morgan fingerprint density at radius 3 is 2.50 bits per heavy atom. The van der Waals surface area contributed by atoms with Crippen LogP contribution in [0.5, 0.6) is 5.88 Å². The lowest BCUT2D eigenvalue weighted by molar-refractivity contribution is -0.151. The Kier molecular flexibility index (Phi) is 11.2. The van der Waals surface area contributed by atoms with Crippen LogP contribution in [0.1, 0.15) is 78.3 Å². The molecular weight excluding hydrogens is 751 g/mol. The normalized spacial score (nSPS) is 19.9. The number of rotatable bonds is 15. The largest absolute Gasteiger partial charge is 0.478 e. The number of carboxylic acid groups (broad SMARTS) is 1. The number of nitrogens with one attached hydrogen (secondary N) is 3. The van der Waals surface area contributed by atoms with Crippen molar-refractivity contribution in [2.45, 2.75) is 68.7 Å². The number of aromatic carboxylic acids is 1. The lowest BCUT2D eigenvalue weighted by Crippen LogP contribution is -2.31. The molecule has 4 N–H and O–H groups in total. The Morgan fingerprint density at radius 1 is 1.09 bits per heavy atom. The van der Waals surface area contributed by atoms with Crippen molar-refractivity contribution in [3.63, 3.8) is 0 Å². The first-order chi connectivity index (χ1) is 25.5. The average molecular weight is 790 g/mol. The molecule has 3 unspecified atom stereocenters. The van der Waals surface area contributed by atoms with Gasteiger partial charge in [0, 0.05) is 17.8 Å². The maximum absolute atomic E-state index is 13.4. The van der Waals surface area contributed by atoms with Crippen molar-refractivity contribution in [3.05, 3.63) is 88.7 Å². The minimum atomic E-state index is -4.49. The van der Waals surface area contributed by atoms with E-state index in [2.05, 4.69) is 39.5 Å². The van der Waals surface area contributed by atoms with Crippen LogP contribution in [0.4, 0.5) is 19.0 Å². The number of carbonyl (C=O) groups is 2. The van der Waals surface area contributed by atoms with Crippen molar-refractivity contribution >= 4 is 39.3 Å². The highest BCUT2D eigenvalue weighted by molar-refractivity contribution is 7.90. The summed E-state index contributed by atoms with van der Waals surface area (Å²) in [5.41, 5.74) is 0.733. The van der Waals surface area contributed by atoms with Crippen molar-refractivity contribution in [1.82, 2.24) is 29.8 Å². The zero-order valence-electron chi connectivity index (χ0n) is 29.3. The van der Waals surface area contributed by atoms with Crippen LogP contribution >= 0.6 is 11.6 Å². The van der Waals surface area contributed by atoms with Crippen molar-refractivity contribution in [2.75, 3.05) is 18.5 Å². The molecule has 4 atom stereocenters. The summed E-state index contributed by atoms with van der Waals surface area (Å²) in [4.78, 5) is 33.0. The molecule has 0 spiro atoms. The predicted octanol–water partition coefficient (Wildman–Crippen LogP) is 6.42. The number of nitrogens with zero attached hydrogens (tertiary/aromatic N) is 4. The van der Waals surface area contributed by atoms with E-state index >= 15 is 0 Å². The Labute approximate surface area is 314 Å². The van der Waals surface area contributed by atoms with E-state index < -0.39 is 44.9 Å². The number of carbonyl (C=O) groups excluding carboxylic acids is 1. The molecule has 4 aromatic rings. The van der Waals surface area contributed by atoms with Gasteiger partial charge in [-0.15, -0.1) is 5.10 Å². The molecule has 1 amide bonds. The van der Waals surface area contributed by atoms with Gasteiger partial charge < -0.3 is 20.5 Å². The number of halogens is 4. The van der Waals surface area contributed by atoms with Gasteiger partial charge in [0.1, 0.15) is 11.0 Å². The zero-order chi connectivity index (χ0) is 38.8. The molecule has 4 heterocycles. The van der Waals surface area contributed by atoms with Gasteiger partial charge in [-0.3, -0.25) is 4.79 Å². The second kappa shape index (κ2) is 15.5. The third-order valence-electron chi connectivity index (χ3n) is 9.60. The molecule has 1 saturated carbocycles. The van der Waals surface area contributed by atoms with Crippen LogP contribution in [0.2, 0.25) is 5.15 Å². The van der Waals surface area contributed by atoms with Crippen molar-refractivity contribution in [3.8, 4) is 11.7 Å². The second-order valence-corrected chi connectivity index (χ2v) is 16.2. The molecule has 3 aromatic heterocycles. The van der Waals surface area contributed by atoms with E-state index in [1.165, 1.54) is 53.3 Å². The number of ether oxygens (including phenoxy) is 1. The van der Waals surface area contributed by atoms with Crippen molar-refractivity contribution < 1.29 is 41.0 Å². The summed E-state index contributed by atoms with van der Waals surface area (Å²) in [6.07, 6.45) is 0.128. The monoisotopic (exact) mass is 789 g/mol. The number of benzene rings is 1. The number of hydrogen-bond donors (Lipinski definition) is 4. The number of anilines is 1. The van der Waals surface area contributed by atoms with Crippen LogP contribution in [-0.4, -0.2) is 70.0 Å². The quantitative estimate of drug-likeness (QED) is 0.0978. The highest BCUT2D eigenvalue weighted by Crippen LogP contribution is 2.51. The minimum absolute atomic E-state index is 0.0293. The van der Waals surface area contributed by atoms with Gasteiger partial charge >= 0.3 is 12.1 Å². The van der Waals surface area contributed by atoms with E-state index in [-0.39, 0.29) is 64.8 Å². The van der Waals surface area contributed by atoms with Gasteiger partial charge in [0.25, 0.3) is 15.9 Å². The Balaban J connectivity index is 1.09. The Bertz CT molecular complexity index is 2110. The Morgan fingerprint density at radius 2 is 1.85 bits per heavy atom. The number of aromatic nitrogens is 4. The van der Waals surface area contributed by atoms with E-state index in [0.717, 1.165) is 24.9 Å². The summed E-state index contributed by atoms with van der Waals surface area (Å²) in [5.74, 6) is -2.86. The second-order valence-electron chi connectivity index (χ2n) is 14.2. The van der Waals surface area contributed by atoms with Crippen LogP contribution in [0.3, 0.4) is 0 Å². The maximum Gasteiger partial charge on any atom is 0.392 e. The molecule has 0 radical (unpaired) electrons. The molecule has 2 aliphatic rings. The van der Waals surface area contributed by atoms with Gasteiger partial charge in [-0.1, -0.05) is 29.8 Å². The first-order valence-electron chi connectivity index (χ1n) is 17.3.